The van der Waals surface area contributed by atoms with Gasteiger partial charge in [0, 0.05) is 37.9 Å². The Balaban J connectivity index is 1.40. The zero-order valence-electron chi connectivity index (χ0n) is 21.5. The van der Waals surface area contributed by atoms with Gasteiger partial charge in [-0.1, -0.05) is 41.9 Å². The first kappa shape index (κ1) is 26.8. The van der Waals surface area contributed by atoms with E-state index in [2.05, 4.69) is 28.0 Å². The van der Waals surface area contributed by atoms with Crippen LogP contribution in [0.15, 0.2) is 60.7 Å². The van der Waals surface area contributed by atoms with Crippen molar-refractivity contribution in [1.29, 1.82) is 0 Å². The molecule has 1 aliphatic rings. The average Bonchev–Trinajstić information content (AvgIpc) is 2.89. The van der Waals surface area contributed by atoms with Gasteiger partial charge in [-0.15, -0.1) is 0 Å². The van der Waals surface area contributed by atoms with Gasteiger partial charge in [0.1, 0.15) is 18.2 Å². The molecule has 3 aromatic rings. The van der Waals surface area contributed by atoms with Crippen molar-refractivity contribution in [3.8, 4) is 5.75 Å². The molecule has 3 aromatic carbocycles. The van der Waals surface area contributed by atoms with E-state index in [1.165, 1.54) is 16.8 Å². The van der Waals surface area contributed by atoms with Crippen LogP contribution in [0.25, 0.3) is 0 Å². The van der Waals surface area contributed by atoms with E-state index in [0.29, 0.717) is 42.5 Å². The van der Waals surface area contributed by atoms with Gasteiger partial charge in [-0.25, -0.2) is 4.39 Å². The molecule has 1 heterocycles. The van der Waals surface area contributed by atoms with Gasteiger partial charge < -0.3 is 19.3 Å². The summed E-state index contributed by atoms with van der Waals surface area (Å²) in [5.74, 6) is 0.103. The monoisotopic (exact) mass is 524 g/mol. The Bertz CT molecular complexity index is 1220. The third-order valence-corrected chi connectivity index (χ3v) is 7.00. The summed E-state index contributed by atoms with van der Waals surface area (Å²) in [7, 11) is 1.98. The van der Waals surface area contributed by atoms with Crippen molar-refractivity contribution in [2.45, 2.75) is 39.2 Å². The Kier molecular flexibility index (Phi) is 9.29. The third kappa shape index (κ3) is 6.95. The molecule has 0 N–H and O–H groups in total. The molecule has 0 atom stereocenters. The number of ether oxygens (including phenoxy) is 2. The summed E-state index contributed by atoms with van der Waals surface area (Å²) in [4.78, 5) is 16.0. The number of para-hydroxylation sites is 1. The first-order valence-corrected chi connectivity index (χ1v) is 13.2. The van der Waals surface area contributed by atoms with E-state index in [9.17, 15) is 9.18 Å². The minimum Gasteiger partial charge on any atom is -0.490 e. The van der Waals surface area contributed by atoms with Gasteiger partial charge in [0.15, 0.2) is 0 Å². The van der Waals surface area contributed by atoms with Crippen molar-refractivity contribution in [3.63, 3.8) is 0 Å². The molecule has 4 rings (SSSR count). The molecule has 0 aliphatic carbocycles. The number of esters is 1. The number of carbonyl (C=O) groups excluding carboxylic acids is 1. The van der Waals surface area contributed by atoms with Crippen LogP contribution in [0.5, 0.6) is 5.75 Å². The van der Waals surface area contributed by atoms with Crippen LogP contribution in [-0.2, 0) is 28.9 Å². The molecule has 0 saturated heterocycles. The molecule has 0 unspecified atom stereocenters. The molecule has 0 amide bonds. The summed E-state index contributed by atoms with van der Waals surface area (Å²) in [6, 6.07) is 19.2. The highest BCUT2D eigenvalue weighted by molar-refractivity contribution is 6.32. The van der Waals surface area contributed by atoms with Gasteiger partial charge in [-0.05, 0) is 73.2 Å². The number of benzene rings is 3. The lowest BCUT2D eigenvalue weighted by Gasteiger charge is -2.33. The number of hydrogen-bond acceptors (Lipinski definition) is 5. The van der Waals surface area contributed by atoms with Crippen LogP contribution in [0.3, 0.4) is 0 Å². The van der Waals surface area contributed by atoms with Gasteiger partial charge in [0.05, 0.1) is 18.2 Å². The van der Waals surface area contributed by atoms with Crippen LogP contribution in [0.2, 0.25) is 5.02 Å². The summed E-state index contributed by atoms with van der Waals surface area (Å²) >= 11 is 6.22. The fourth-order valence-corrected chi connectivity index (χ4v) is 4.96. The summed E-state index contributed by atoms with van der Waals surface area (Å²) < 4.78 is 25.6. The molecule has 0 aromatic heterocycles. The second-order valence-electron chi connectivity index (χ2n) is 9.22. The second kappa shape index (κ2) is 12.8. The lowest BCUT2D eigenvalue weighted by atomic mass is 9.95. The maximum absolute atomic E-state index is 14.8. The van der Waals surface area contributed by atoms with Crippen LogP contribution in [0.1, 0.15) is 36.5 Å². The lowest BCUT2D eigenvalue weighted by molar-refractivity contribution is -0.143. The van der Waals surface area contributed by atoms with E-state index in [1.807, 2.05) is 37.4 Å². The van der Waals surface area contributed by atoms with Crippen LogP contribution in [0, 0.1) is 5.82 Å². The van der Waals surface area contributed by atoms with Crippen LogP contribution >= 0.6 is 11.6 Å². The first-order valence-electron chi connectivity index (χ1n) is 12.8. The third-order valence-electron chi connectivity index (χ3n) is 6.69. The minimum atomic E-state index is -0.304. The van der Waals surface area contributed by atoms with Crippen molar-refractivity contribution >= 4 is 28.9 Å². The number of nitrogens with zero attached hydrogens (tertiary/aromatic N) is 2. The Morgan fingerprint density at radius 2 is 1.95 bits per heavy atom. The first-order chi connectivity index (χ1) is 18.0. The van der Waals surface area contributed by atoms with E-state index >= 15 is 0 Å². The van der Waals surface area contributed by atoms with E-state index in [-0.39, 0.29) is 18.2 Å². The quantitative estimate of drug-likeness (QED) is 0.270. The molecule has 1 aliphatic heterocycles. The normalized spacial score (nSPS) is 12.7. The molecule has 7 heteroatoms. The Morgan fingerprint density at radius 1 is 1.11 bits per heavy atom. The average molecular weight is 525 g/mol. The predicted molar refractivity (Wildman–Crippen MR) is 147 cm³/mol. The molecule has 0 fully saturated rings. The number of rotatable bonds is 11. The van der Waals surface area contributed by atoms with Gasteiger partial charge in [-0.3, -0.25) is 4.79 Å². The van der Waals surface area contributed by atoms with Gasteiger partial charge >= 0.3 is 5.97 Å². The van der Waals surface area contributed by atoms with E-state index in [1.54, 1.807) is 19.1 Å². The van der Waals surface area contributed by atoms with Crippen molar-refractivity contribution in [3.05, 3.63) is 88.2 Å². The maximum atomic E-state index is 14.8. The summed E-state index contributed by atoms with van der Waals surface area (Å²) in [6.07, 6.45) is 2.60. The zero-order valence-corrected chi connectivity index (χ0v) is 22.3. The standard InChI is InChI=1S/C30H34ClFN2O3/c1-3-36-30(35)16-14-22-13-15-24(20-27(22)32)33(2)21-23-8-6-11-28-25(23)9-7-17-34(28)18-19-37-29-12-5-4-10-26(29)31/h4-6,8,10-13,15,20H,3,7,9,14,16-19,21H2,1-2H3. The fourth-order valence-electron chi connectivity index (χ4n) is 4.77. The molecular formula is C30H34ClFN2O3. The molecule has 196 valence electrons. The molecule has 0 spiro atoms. The SMILES string of the molecule is CCOC(=O)CCc1ccc(N(C)Cc2cccc3c2CCCN3CCOc2ccccc2Cl)cc1F. The second-order valence-corrected chi connectivity index (χ2v) is 9.63. The number of anilines is 2. The minimum absolute atomic E-state index is 0.177. The Hall–Kier alpha value is -3.25. The van der Waals surface area contributed by atoms with E-state index < -0.39 is 0 Å². The van der Waals surface area contributed by atoms with Crippen molar-refractivity contribution < 1.29 is 18.7 Å². The number of carbonyl (C=O) groups is 1. The van der Waals surface area contributed by atoms with Gasteiger partial charge in [0.25, 0.3) is 0 Å². The van der Waals surface area contributed by atoms with Crippen molar-refractivity contribution in [2.24, 2.45) is 0 Å². The fraction of sp³-hybridized carbons (Fsp3) is 0.367. The smallest absolute Gasteiger partial charge is 0.306 e. The van der Waals surface area contributed by atoms with Crippen LogP contribution < -0.4 is 14.5 Å². The number of aryl methyl sites for hydroxylation is 1. The predicted octanol–water partition coefficient (Wildman–Crippen LogP) is 6.44. The molecule has 5 nitrogen and oxygen atoms in total. The highest BCUT2D eigenvalue weighted by Crippen LogP contribution is 2.32. The molecule has 37 heavy (non-hydrogen) atoms. The highest BCUT2D eigenvalue weighted by Gasteiger charge is 2.20. The van der Waals surface area contributed by atoms with Crippen molar-refractivity contribution in [2.75, 3.05) is 43.2 Å². The van der Waals surface area contributed by atoms with Crippen LogP contribution in [-0.4, -0.2) is 39.3 Å². The van der Waals surface area contributed by atoms with Gasteiger partial charge in [-0.2, -0.15) is 0 Å². The Morgan fingerprint density at radius 3 is 2.73 bits per heavy atom. The largest absolute Gasteiger partial charge is 0.490 e. The number of fused-ring (bicyclic) bond motifs is 1. The van der Waals surface area contributed by atoms with Crippen LogP contribution in [0.4, 0.5) is 15.8 Å². The Labute approximate surface area is 223 Å². The zero-order chi connectivity index (χ0) is 26.2. The molecule has 0 bridgehead atoms. The number of hydrogen-bond donors (Lipinski definition) is 0. The topological polar surface area (TPSA) is 42.0 Å². The van der Waals surface area contributed by atoms with E-state index in [0.717, 1.165) is 31.6 Å². The van der Waals surface area contributed by atoms with E-state index in [4.69, 9.17) is 21.1 Å². The highest BCUT2D eigenvalue weighted by atomic mass is 35.5. The van der Waals surface area contributed by atoms with Gasteiger partial charge in [0.2, 0.25) is 0 Å². The molecule has 0 saturated carbocycles. The number of halogens is 2. The maximum Gasteiger partial charge on any atom is 0.306 e. The summed E-state index contributed by atoms with van der Waals surface area (Å²) in [5, 5.41) is 0.621. The summed E-state index contributed by atoms with van der Waals surface area (Å²) in [6.45, 7) is 5.08. The molecule has 0 radical (unpaired) electrons. The van der Waals surface area contributed by atoms with Crippen molar-refractivity contribution in [1.82, 2.24) is 0 Å². The lowest BCUT2D eigenvalue weighted by Crippen LogP contribution is -2.34. The molecular weight excluding hydrogens is 491 g/mol. The summed E-state index contributed by atoms with van der Waals surface area (Å²) in [5.41, 5.74) is 5.14.